The smallest absolute Gasteiger partial charge is 0.246 e. The highest BCUT2D eigenvalue weighted by atomic mass is 32.2. The van der Waals surface area contributed by atoms with E-state index in [-0.39, 0.29) is 11.0 Å². The van der Waals surface area contributed by atoms with Crippen molar-refractivity contribution in [2.75, 3.05) is 32.7 Å². The van der Waals surface area contributed by atoms with Crippen LogP contribution in [0.5, 0.6) is 0 Å². The summed E-state index contributed by atoms with van der Waals surface area (Å²) in [7, 11) is -3.45. The number of aliphatic hydroxyl groups excluding tert-OH is 1. The van der Waals surface area contributed by atoms with E-state index in [1.807, 2.05) is 6.92 Å². The van der Waals surface area contributed by atoms with Crippen LogP contribution < -0.4 is 0 Å². The summed E-state index contributed by atoms with van der Waals surface area (Å²) in [6, 6.07) is 0. The second kappa shape index (κ2) is 6.27. The molecule has 1 aliphatic carbocycles. The molecule has 1 aliphatic heterocycles. The molecule has 2 fully saturated rings. The molecular formula is C14H24N4O3S. The largest absolute Gasteiger partial charge is 0.392 e. The predicted molar refractivity (Wildman–Crippen MR) is 81.8 cm³/mol. The summed E-state index contributed by atoms with van der Waals surface area (Å²) in [6.45, 7) is 5.52. The SMILES string of the molecule is CCn1cc(S(=O)(=O)N2CCN(CC(O)C3CC3)CC2)cn1. The Morgan fingerprint density at radius 1 is 1.32 bits per heavy atom. The van der Waals surface area contributed by atoms with Gasteiger partial charge in [-0.3, -0.25) is 9.58 Å². The molecule has 1 N–H and O–H groups in total. The second-order valence-corrected chi connectivity index (χ2v) is 8.08. The van der Waals surface area contributed by atoms with E-state index in [1.54, 1.807) is 10.9 Å². The van der Waals surface area contributed by atoms with Crippen molar-refractivity contribution in [3.05, 3.63) is 12.4 Å². The van der Waals surface area contributed by atoms with E-state index < -0.39 is 10.0 Å². The number of hydrogen-bond donors (Lipinski definition) is 1. The zero-order chi connectivity index (χ0) is 15.7. The standard InChI is InChI=1S/C14H24N4O3S/c1-2-17-10-13(9-15-17)22(20,21)18-7-5-16(6-8-18)11-14(19)12-3-4-12/h9-10,12,14,19H,2-8,11H2,1H3. The van der Waals surface area contributed by atoms with Crippen molar-refractivity contribution >= 4 is 10.0 Å². The number of rotatable bonds is 6. The van der Waals surface area contributed by atoms with Crippen LogP contribution in [0.3, 0.4) is 0 Å². The first-order valence-corrected chi connectivity index (χ1v) is 9.37. The average Bonchev–Trinajstić information content (AvgIpc) is 3.25. The van der Waals surface area contributed by atoms with Crippen LogP contribution in [0.15, 0.2) is 17.3 Å². The first-order valence-electron chi connectivity index (χ1n) is 7.93. The minimum atomic E-state index is -3.45. The molecule has 124 valence electrons. The van der Waals surface area contributed by atoms with Crippen molar-refractivity contribution in [1.82, 2.24) is 19.0 Å². The third kappa shape index (κ3) is 3.34. The molecule has 0 bridgehead atoms. The molecular weight excluding hydrogens is 304 g/mol. The maximum absolute atomic E-state index is 12.6. The molecule has 1 aromatic heterocycles. The number of aliphatic hydroxyl groups is 1. The van der Waals surface area contributed by atoms with Gasteiger partial charge in [0.2, 0.25) is 10.0 Å². The number of aromatic nitrogens is 2. The number of β-amino-alcohol motifs (C(OH)–C–C–N with tert-alkyl or cyclic N) is 1. The van der Waals surface area contributed by atoms with Crippen molar-refractivity contribution in [1.29, 1.82) is 0 Å². The molecule has 1 atom stereocenters. The minimum absolute atomic E-state index is 0.258. The number of hydrogen-bond acceptors (Lipinski definition) is 5. The van der Waals surface area contributed by atoms with Crippen LogP contribution in [0.25, 0.3) is 0 Å². The van der Waals surface area contributed by atoms with Crippen LogP contribution in [0, 0.1) is 5.92 Å². The van der Waals surface area contributed by atoms with Gasteiger partial charge in [0.1, 0.15) is 4.90 Å². The Morgan fingerprint density at radius 2 is 2.00 bits per heavy atom. The Balaban J connectivity index is 1.57. The third-order valence-corrected chi connectivity index (χ3v) is 6.37. The van der Waals surface area contributed by atoms with Crippen molar-refractivity contribution < 1.29 is 13.5 Å². The van der Waals surface area contributed by atoms with Gasteiger partial charge in [0, 0.05) is 45.5 Å². The number of aryl methyl sites for hydroxylation is 1. The number of piperazine rings is 1. The zero-order valence-electron chi connectivity index (χ0n) is 12.9. The fraction of sp³-hybridized carbons (Fsp3) is 0.786. The molecule has 0 aromatic carbocycles. The first kappa shape index (κ1) is 15.9. The van der Waals surface area contributed by atoms with Crippen LogP contribution in [0.2, 0.25) is 0 Å². The third-order valence-electron chi connectivity index (χ3n) is 4.51. The lowest BCUT2D eigenvalue weighted by Crippen LogP contribution is -2.50. The summed E-state index contributed by atoms with van der Waals surface area (Å²) in [5.41, 5.74) is 0. The Hall–Kier alpha value is -0.960. The van der Waals surface area contributed by atoms with E-state index in [1.165, 1.54) is 10.5 Å². The van der Waals surface area contributed by atoms with Crippen LogP contribution >= 0.6 is 0 Å². The highest BCUT2D eigenvalue weighted by molar-refractivity contribution is 7.89. The van der Waals surface area contributed by atoms with Crippen LogP contribution in [0.4, 0.5) is 0 Å². The fourth-order valence-electron chi connectivity index (χ4n) is 2.85. The molecule has 8 heteroatoms. The molecule has 0 spiro atoms. The van der Waals surface area contributed by atoms with E-state index in [0.717, 1.165) is 12.8 Å². The van der Waals surface area contributed by atoms with Gasteiger partial charge in [-0.15, -0.1) is 0 Å². The summed E-state index contributed by atoms with van der Waals surface area (Å²) in [5, 5.41) is 14.0. The molecule has 1 unspecified atom stereocenters. The molecule has 1 saturated carbocycles. The van der Waals surface area contributed by atoms with Gasteiger partial charge in [-0.2, -0.15) is 9.40 Å². The lowest BCUT2D eigenvalue weighted by Gasteiger charge is -2.34. The topological polar surface area (TPSA) is 78.7 Å². The van der Waals surface area contributed by atoms with Crippen molar-refractivity contribution in [3.8, 4) is 0 Å². The molecule has 1 saturated heterocycles. The maximum atomic E-state index is 12.6. The summed E-state index contributed by atoms with van der Waals surface area (Å²) < 4.78 is 28.3. The maximum Gasteiger partial charge on any atom is 0.246 e. The van der Waals surface area contributed by atoms with E-state index in [4.69, 9.17) is 0 Å². The first-order chi connectivity index (χ1) is 10.5. The van der Waals surface area contributed by atoms with Crippen LogP contribution in [-0.4, -0.2) is 71.3 Å². The van der Waals surface area contributed by atoms with Gasteiger partial charge < -0.3 is 5.11 Å². The summed E-state index contributed by atoms with van der Waals surface area (Å²) in [6.07, 6.45) is 4.99. The summed E-state index contributed by atoms with van der Waals surface area (Å²) in [5.74, 6) is 0.460. The molecule has 22 heavy (non-hydrogen) atoms. The van der Waals surface area contributed by atoms with Gasteiger partial charge in [0.25, 0.3) is 0 Å². The molecule has 3 rings (SSSR count). The second-order valence-electron chi connectivity index (χ2n) is 6.14. The predicted octanol–water partition coefficient (Wildman–Crippen LogP) is -0.0198. The quantitative estimate of drug-likeness (QED) is 0.794. The minimum Gasteiger partial charge on any atom is -0.392 e. The lowest BCUT2D eigenvalue weighted by molar-refractivity contribution is 0.0782. The Morgan fingerprint density at radius 3 is 2.55 bits per heavy atom. The van der Waals surface area contributed by atoms with E-state index in [2.05, 4.69) is 10.00 Å². The van der Waals surface area contributed by atoms with Crippen molar-refractivity contribution in [2.24, 2.45) is 5.92 Å². The Kier molecular flexibility index (Phi) is 4.54. The number of sulfonamides is 1. The lowest BCUT2D eigenvalue weighted by atomic mass is 10.2. The van der Waals surface area contributed by atoms with E-state index >= 15 is 0 Å². The van der Waals surface area contributed by atoms with Gasteiger partial charge in [-0.05, 0) is 25.7 Å². The summed E-state index contributed by atoms with van der Waals surface area (Å²) >= 11 is 0. The molecule has 0 amide bonds. The van der Waals surface area contributed by atoms with Gasteiger partial charge in [-0.1, -0.05) is 0 Å². The van der Waals surface area contributed by atoms with Gasteiger partial charge in [-0.25, -0.2) is 8.42 Å². The molecule has 2 heterocycles. The zero-order valence-corrected chi connectivity index (χ0v) is 13.7. The Bertz CT molecular complexity index is 603. The van der Waals surface area contributed by atoms with E-state index in [0.29, 0.717) is 45.2 Å². The normalized spacial score (nSPS) is 22.8. The summed E-state index contributed by atoms with van der Waals surface area (Å²) in [4.78, 5) is 2.42. The van der Waals surface area contributed by atoms with Gasteiger partial charge in [0.15, 0.2) is 0 Å². The van der Waals surface area contributed by atoms with Crippen LogP contribution in [0.1, 0.15) is 19.8 Å². The van der Waals surface area contributed by atoms with Crippen LogP contribution in [-0.2, 0) is 16.6 Å². The van der Waals surface area contributed by atoms with E-state index in [9.17, 15) is 13.5 Å². The Labute approximate surface area is 131 Å². The molecule has 7 nitrogen and oxygen atoms in total. The fourth-order valence-corrected chi connectivity index (χ4v) is 4.22. The number of nitrogens with zero attached hydrogens (tertiary/aromatic N) is 4. The highest BCUT2D eigenvalue weighted by Crippen LogP contribution is 2.33. The van der Waals surface area contributed by atoms with Gasteiger partial charge >= 0.3 is 0 Å². The monoisotopic (exact) mass is 328 g/mol. The molecule has 1 aromatic rings. The van der Waals surface area contributed by atoms with Gasteiger partial charge in [0.05, 0.1) is 12.3 Å². The molecule has 0 radical (unpaired) electrons. The average molecular weight is 328 g/mol. The van der Waals surface area contributed by atoms with Crippen molar-refractivity contribution in [2.45, 2.75) is 37.3 Å². The molecule has 2 aliphatic rings. The highest BCUT2D eigenvalue weighted by Gasteiger charge is 2.33. The van der Waals surface area contributed by atoms with Crippen molar-refractivity contribution in [3.63, 3.8) is 0 Å².